The van der Waals surface area contributed by atoms with E-state index in [-0.39, 0.29) is 10.8 Å². The number of nitrogens with zero attached hydrogens (tertiary/aromatic N) is 3. The lowest BCUT2D eigenvalue weighted by atomic mass is 10.5. The lowest BCUT2D eigenvalue weighted by molar-refractivity contribution is 0.248. The lowest BCUT2D eigenvalue weighted by Gasteiger charge is -2.12. The van der Waals surface area contributed by atoms with Gasteiger partial charge in [-0.3, -0.25) is 4.98 Å². The fourth-order valence-corrected chi connectivity index (χ4v) is 0.985. The highest BCUT2D eigenvalue weighted by atomic mass is 35.5. The molecule has 0 aliphatic rings. The highest BCUT2D eigenvalue weighted by molar-refractivity contribution is 6.33. The summed E-state index contributed by atoms with van der Waals surface area (Å²) >= 11 is 5.62. The van der Waals surface area contributed by atoms with Gasteiger partial charge in [0.25, 0.3) is 0 Å². The van der Waals surface area contributed by atoms with Gasteiger partial charge in [0.1, 0.15) is 5.02 Å². The van der Waals surface area contributed by atoms with Crippen LogP contribution in [0.4, 0.5) is 10.6 Å². The maximum atomic E-state index is 11.1. The van der Waals surface area contributed by atoms with Crippen molar-refractivity contribution < 1.29 is 4.79 Å². The van der Waals surface area contributed by atoms with Crippen molar-refractivity contribution in [3.8, 4) is 0 Å². The van der Waals surface area contributed by atoms with Gasteiger partial charge in [0, 0.05) is 7.05 Å². The zero-order valence-corrected chi connectivity index (χ0v) is 8.28. The second-order valence-electron chi connectivity index (χ2n) is 2.33. The van der Waals surface area contributed by atoms with Gasteiger partial charge in [-0.2, -0.15) is 0 Å². The number of amides is 2. The Morgan fingerprint density at radius 2 is 2.40 bits per heavy atom. The Hall–Kier alpha value is -1.96. The molecule has 15 heavy (non-hydrogen) atoms. The van der Waals surface area contributed by atoms with E-state index in [1.165, 1.54) is 7.05 Å². The number of H-pyrrole nitrogens is 1. The predicted molar refractivity (Wildman–Crippen MR) is 52.6 cm³/mol. The van der Waals surface area contributed by atoms with Gasteiger partial charge in [-0.1, -0.05) is 11.6 Å². The van der Waals surface area contributed by atoms with Crippen LogP contribution in [0, 0.1) is 4.91 Å². The molecule has 1 heterocycles. The Kier molecular flexibility index (Phi) is 3.34. The Labute approximate surface area is 88.2 Å². The van der Waals surface area contributed by atoms with E-state index in [1.807, 2.05) is 0 Å². The lowest BCUT2D eigenvalue weighted by Crippen LogP contribution is -2.35. The molecule has 0 bridgehead atoms. The summed E-state index contributed by atoms with van der Waals surface area (Å²) in [7, 11) is 1.30. The number of anilines is 1. The zero-order chi connectivity index (χ0) is 11.4. The summed E-state index contributed by atoms with van der Waals surface area (Å²) in [6.45, 7) is 0. The van der Waals surface area contributed by atoms with Crippen molar-refractivity contribution in [2.24, 2.45) is 5.29 Å². The van der Waals surface area contributed by atoms with Crippen LogP contribution in [0.5, 0.6) is 0 Å². The number of nitrogens with one attached hydrogen (secondary N) is 2. The summed E-state index contributed by atoms with van der Waals surface area (Å²) in [5, 5.41) is 4.88. The summed E-state index contributed by atoms with van der Waals surface area (Å²) < 4.78 is 0. The number of halogens is 1. The Bertz CT molecular complexity index is 445. The maximum absolute atomic E-state index is 11.1. The molecule has 80 valence electrons. The number of aromatic amines is 1. The molecule has 0 saturated carbocycles. The highest BCUT2D eigenvalue weighted by Gasteiger charge is 2.19. The first kappa shape index (κ1) is 11.1. The van der Waals surface area contributed by atoms with Crippen LogP contribution in [0.2, 0.25) is 5.02 Å². The highest BCUT2D eigenvalue weighted by Crippen LogP contribution is 2.20. The van der Waals surface area contributed by atoms with Crippen molar-refractivity contribution in [3.05, 3.63) is 26.6 Å². The first-order valence-electron chi connectivity index (χ1n) is 3.70. The second-order valence-corrected chi connectivity index (χ2v) is 2.74. The van der Waals surface area contributed by atoms with Crippen molar-refractivity contribution in [1.82, 2.24) is 15.3 Å². The molecule has 0 aliphatic carbocycles. The molecule has 0 spiro atoms. The quantitative estimate of drug-likeness (QED) is 0.562. The first-order chi connectivity index (χ1) is 7.10. The van der Waals surface area contributed by atoms with Gasteiger partial charge in [-0.25, -0.2) is 14.6 Å². The SMILES string of the molecule is CNC(=O)N(N=O)c1[nH]c(=O)ncc1Cl. The van der Waals surface area contributed by atoms with E-state index in [4.69, 9.17) is 11.6 Å². The molecule has 0 aliphatic heterocycles. The smallest absolute Gasteiger partial charge is 0.339 e. The van der Waals surface area contributed by atoms with Crippen LogP contribution in [-0.2, 0) is 0 Å². The number of hydrogen-bond acceptors (Lipinski definition) is 5. The third kappa shape index (κ3) is 2.29. The van der Waals surface area contributed by atoms with E-state index < -0.39 is 11.7 Å². The number of carbonyl (C=O) groups is 1. The molecule has 0 saturated heterocycles. The molecule has 1 aromatic rings. The maximum Gasteiger partial charge on any atom is 0.346 e. The summed E-state index contributed by atoms with van der Waals surface area (Å²) in [6.07, 6.45) is 1.01. The second kappa shape index (κ2) is 4.51. The van der Waals surface area contributed by atoms with E-state index in [0.717, 1.165) is 6.20 Å². The van der Waals surface area contributed by atoms with E-state index in [1.54, 1.807) is 0 Å². The minimum absolute atomic E-state index is 0.0715. The molecule has 1 rings (SSSR count). The van der Waals surface area contributed by atoms with Gasteiger partial charge < -0.3 is 5.32 Å². The number of carbonyl (C=O) groups excluding carboxylic acids is 1. The van der Waals surface area contributed by atoms with Crippen LogP contribution in [0.1, 0.15) is 0 Å². The van der Waals surface area contributed by atoms with Crippen molar-refractivity contribution in [1.29, 1.82) is 0 Å². The molecule has 0 aromatic carbocycles. The fourth-order valence-electron chi connectivity index (χ4n) is 0.809. The van der Waals surface area contributed by atoms with Crippen LogP contribution < -0.4 is 16.0 Å². The van der Waals surface area contributed by atoms with Crippen molar-refractivity contribution >= 4 is 23.4 Å². The number of urea groups is 1. The van der Waals surface area contributed by atoms with Gasteiger partial charge in [-0.15, -0.1) is 9.92 Å². The van der Waals surface area contributed by atoms with E-state index >= 15 is 0 Å². The van der Waals surface area contributed by atoms with E-state index in [9.17, 15) is 14.5 Å². The molecular weight excluding hydrogens is 226 g/mol. The summed E-state index contributed by atoms with van der Waals surface area (Å²) in [5.41, 5.74) is -0.744. The monoisotopic (exact) mass is 231 g/mol. The minimum Gasteiger partial charge on any atom is -0.339 e. The molecule has 2 N–H and O–H groups in total. The Morgan fingerprint density at radius 3 is 2.93 bits per heavy atom. The summed E-state index contributed by atoms with van der Waals surface area (Å²) in [4.78, 5) is 37.8. The van der Waals surface area contributed by atoms with E-state index in [2.05, 4.69) is 20.6 Å². The third-order valence-electron chi connectivity index (χ3n) is 1.45. The fraction of sp³-hybridized carbons (Fsp3) is 0.167. The molecule has 0 atom stereocenters. The van der Waals surface area contributed by atoms with Gasteiger partial charge in [0.2, 0.25) is 0 Å². The van der Waals surface area contributed by atoms with Gasteiger partial charge in [0.05, 0.1) is 11.5 Å². The summed E-state index contributed by atoms with van der Waals surface area (Å²) in [5.74, 6) is -0.231. The standard InChI is InChI=1S/C6H6ClN5O3/c1-8-6(14)12(11-15)4-3(7)2-9-5(13)10-4/h2H,1H3,(H,8,14)(H,9,10,13). The van der Waals surface area contributed by atoms with Crippen molar-refractivity contribution in [2.45, 2.75) is 0 Å². The van der Waals surface area contributed by atoms with Crippen molar-refractivity contribution in [3.63, 3.8) is 0 Å². The Balaban J connectivity index is 3.23. The zero-order valence-electron chi connectivity index (χ0n) is 7.52. The average Bonchev–Trinajstić information content (AvgIpc) is 2.23. The van der Waals surface area contributed by atoms with Gasteiger partial charge in [-0.05, 0) is 0 Å². The molecule has 9 heteroatoms. The van der Waals surface area contributed by atoms with Gasteiger partial charge >= 0.3 is 11.7 Å². The molecule has 0 unspecified atom stereocenters. The summed E-state index contributed by atoms with van der Waals surface area (Å²) in [6, 6.07) is -0.825. The predicted octanol–water partition coefficient (Wildman–Crippen LogP) is 0.251. The van der Waals surface area contributed by atoms with Crippen LogP contribution in [0.15, 0.2) is 16.3 Å². The number of aromatic nitrogens is 2. The van der Waals surface area contributed by atoms with Crippen molar-refractivity contribution in [2.75, 3.05) is 12.1 Å². The third-order valence-corrected chi connectivity index (χ3v) is 1.72. The van der Waals surface area contributed by atoms with E-state index in [0.29, 0.717) is 5.01 Å². The number of nitroso groups, excluding NO2 is 1. The first-order valence-corrected chi connectivity index (χ1v) is 4.08. The molecular formula is C6H6ClN5O3. The topological polar surface area (TPSA) is 108 Å². The molecule has 0 radical (unpaired) electrons. The average molecular weight is 232 g/mol. The minimum atomic E-state index is -0.825. The Morgan fingerprint density at radius 1 is 1.73 bits per heavy atom. The molecule has 0 fully saturated rings. The largest absolute Gasteiger partial charge is 0.346 e. The van der Waals surface area contributed by atoms with Gasteiger partial charge in [0.15, 0.2) is 5.82 Å². The normalized spacial score (nSPS) is 9.47. The molecule has 8 nitrogen and oxygen atoms in total. The number of rotatable bonds is 2. The van der Waals surface area contributed by atoms with Crippen LogP contribution in [0.25, 0.3) is 0 Å². The van der Waals surface area contributed by atoms with Crippen LogP contribution in [-0.4, -0.2) is 23.0 Å². The molecule has 2 amide bonds. The van der Waals surface area contributed by atoms with Crippen LogP contribution in [0.3, 0.4) is 0 Å². The number of hydrogen-bond donors (Lipinski definition) is 2. The molecule has 1 aromatic heterocycles. The van der Waals surface area contributed by atoms with Crippen LogP contribution >= 0.6 is 11.6 Å².